The van der Waals surface area contributed by atoms with Gasteiger partial charge in [-0.3, -0.25) is 0 Å². The molecule has 0 fully saturated rings. The normalized spacial score (nSPS) is 12.7. The second-order valence-electron chi connectivity index (χ2n) is 4.10. The van der Waals surface area contributed by atoms with Crippen molar-refractivity contribution in [3.8, 4) is 0 Å². The third-order valence-corrected chi connectivity index (χ3v) is 4.94. The molecule has 0 aliphatic carbocycles. The smallest absolute Gasteiger partial charge is 0.0660 e. The number of rotatable bonds is 3. The Morgan fingerprint density at radius 2 is 2.06 bits per heavy atom. The molecule has 2 N–H and O–H groups in total. The molecule has 1 aromatic heterocycles. The highest BCUT2D eigenvalue weighted by atomic mass is 79.9. The van der Waals surface area contributed by atoms with E-state index in [1.807, 2.05) is 0 Å². The van der Waals surface area contributed by atoms with Crippen LogP contribution in [0.3, 0.4) is 0 Å². The van der Waals surface area contributed by atoms with E-state index in [1.165, 1.54) is 20.9 Å². The molecule has 3 heteroatoms. The van der Waals surface area contributed by atoms with Crippen LogP contribution in [0.25, 0.3) is 0 Å². The summed E-state index contributed by atoms with van der Waals surface area (Å²) in [4.78, 5) is 2.50. The van der Waals surface area contributed by atoms with E-state index in [2.05, 4.69) is 60.1 Å². The molecule has 90 valence electrons. The molecule has 0 spiro atoms. The lowest BCUT2D eigenvalue weighted by atomic mass is 9.98. The Morgan fingerprint density at radius 1 is 1.35 bits per heavy atom. The number of benzene rings is 1. The van der Waals surface area contributed by atoms with Crippen molar-refractivity contribution in [2.75, 3.05) is 0 Å². The van der Waals surface area contributed by atoms with E-state index >= 15 is 0 Å². The van der Waals surface area contributed by atoms with Gasteiger partial charge >= 0.3 is 0 Å². The van der Waals surface area contributed by atoms with Crippen LogP contribution in [-0.2, 0) is 6.42 Å². The van der Waals surface area contributed by atoms with E-state index in [4.69, 9.17) is 5.73 Å². The predicted molar refractivity (Wildman–Crippen MR) is 78.6 cm³/mol. The van der Waals surface area contributed by atoms with E-state index < -0.39 is 0 Å². The van der Waals surface area contributed by atoms with Crippen LogP contribution in [0.1, 0.15) is 33.8 Å². The summed E-state index contributed by atoms with van der Waals surface area (Å²) in [6.07, 6.45) is 1.02. The van der Waals surface area contributed by atoms with Gasteiger partial charge in [0, 0.05) is 14.2 Å². The molecule has 0 saturated heterocycles. The van der Waals surface area contributed by atoms with Crippen LogP contribution in [0.2, 0.25) is 0 Å². The first-order chi connectivity index (χ1) is 8.13. The Labute approximate surface area is 115 Å². The quantitative estimate of drug-likeness (QED) is 0.891. The van der Waals surface area contributed by atoms with E-state index in [0.29, 0.717) is 0 Å². The summed E-state index contributed by atoms with van der Waals surface area (Å²) in [5.74, 6) is 0. The highest BCUT2D eigenvalue weighted by Crippen LogP contribution is 2.35. The molecule has 0 radical (unpaired) electrons. The lowest BCUT2D eigenvalue weighted by Gasteiger charge is -2.15. The SMILES string of the molecule is CCc1ccccc1C(N)c1sc(C)cc1Br. The lowest BCUT2D eigenvalue weighted by Crippen LogP contribution is -2.12. The minimum atomic E-state index is -0.0285. The molecule has 0 amide bonds. The number of nitrogens with two attached hydrogens (primary N) is 1. The highest BCUT2D eigenvalue weighted by molar-refractivity contribution is 9.10. The van der Waals surface area contributed by atoms with Crippen molar-refractivity contribution in [1.82, 2.24) is 0 Å². The summed E-state index contributed by atoms with van der Waals surface area (Å²) in [5, 5.41) is 0. The lowest BCUT2D eigenvalue weighted by molar-refractivity contribution is 0.864. The van der Waals surface area contributed by atoms with Gasteiger partial charge in [0.05, 0.1) is 6.04 Å². The Balaban J connectivity index is 2.43. The van der Waals surface area contributed by atoms with E-state index in [9.17, 15) is 0 Å². The monoisotopic (exact) mass is 309 g/mol. The average Bonchev–Trinajstić information content (AvgIpc) is 2.67. The minimum Gasteiger partial charge on any atom is -0.320 e. The maximum absolute atomic E-state index is 6.39. The number of hydrogen-bond donors (Lipinski definition) is 1. The molecule has 1 nitrogen and oxygen atoms in total. The first-order valence-corrected chi connectivity index (χ1v) is 7.33. The fraction of sp³-hybridized carbons (Fsp3) is 0.286. The fourth-order valence-electron chi connectivity index (χ4n) is 2.01. The van der Waals surface area contributed by atoms with Gasteiger partial charge in [0.15, 0.2) is 0 Å². The zero-order valence-electron chi connectivity index (χ0n) is 10.0. The molecule has 0 saturated carbocycles. The van der Waals surface area contributed by atoms with Crippen LogP contribution < -0.4 is 5.73 Å². The number of halogens is 1. The molecular weight excluding hydrogens is 294 g/mol. The van der Waals surface area contributed by atoms with Crippen LogP contribution in [-0.4, -0.2) is 0 Å². The molecule has 0 aliphatic heterocycles. The number of thiophene rings is 1. The van der Waals surface area contributed by atoms with Crippen molar-refractivity contribution in [2.45, 2.75) is 26.3 Å². The molecule has 0 bridgehead atoms. The topological polar surface area (TPSA) is 26.0 Å². The van der Waals surface area contributed by atoms with Crippen molar-refractivity contribution in [3.63, 3.8) is 0 Å². The van der Waals surface area contributed by atoms with E-state index in [1.54, 1.807) is 11.3 Å². The van der Waals surface area contributed by atoms with Crippen molar-refractivity contribution in [2.24, 2.45) is 5.73 Å². The van der Waals surface area contributed by atoms with Gasteiger partial charge in [0.25, 0.3) is 0 Å². The summed E-state index contributed by atoms with van der Waals surface area (Å²) < 4.78 is 1.12. The van der Waals surface area contributed by atoms with Crippen molar-refractivity contribution >= 4 is 27.3 Å². The van der Waals surface area contributed by atoms with Gasteiger partial charge in [-0.1, -0.05) is 31.2 Å². The van der Waals surface area contributed by atoms with Crippen LogP contribution in [0.15, 0.2) is 34.8 Å². The Bertz CT molecular complexity index is 519. The van der Waals surface area contributed by atoms with Gasteiger partial charge in [-0.25, -0.2) is 0 Å². The molecule has 1 unspecified atom stereocenters. The molecule has 1 heterocycles. The Hall–Kier alpha value is -0.640. The van der Waals surface area contributed by atoms with Crippen LogP contribution in [0, 0.1) is 6.92 Å². The second-order valence-corrected chi connectivity index (χ2v) is 6.24. The van der Waals surface area contributed by atoms with Crippen molar-refractivity contribution < 1.29 is 0 Å². The molecule has 17 heavy (non-hydrogen) atoms. The fourth-order valence-corrected chi connectivity index (χ4v) is 3.93. The average molecular weight is 310 g/mol. The van der Waals surface area contributed by atoms with Gasteiger partial charge in [-0.2, -0.15) is 0 Å². The third kappa shape index (κ3) is 2.62. The maximum atomic E-state index is 6.39. The van der Waals surface area contributed by atoms with Gasteiger partial charge < -0.3 is 5.73 Å². The first-order valence-electron chi connectivity index (χ1n) is 5.72. The largest absolute Gasteiger partial charge is 0.320 e. The molecular formula is C14H16BrNS. The van der Waals surface area contributed by atoms with E-state index in [-0.39, 0.29) is 6.04 Å². The Morgan fingerprint density at radius 3 is 2.65 bits per heavy atom. The molecule has 1 atom stereocenters. The van der Waals surface area contributed by atoms with Crippen molar-refractivity contribution in [3.05, 3.63) is 55.7 Å². The molecule has 1 aromatic carbocycles. The van der Waals surface area contributed by atoms with E-state index in [0.717, 1.165) is 10.9 Å². The maximum Gasteiger partial charge on any atom is 0.0660 e. The van der Waals surface area contributed by atoms with Crippen LogP contribution >= 0.6 is 27.3 Å². The van der Waals surface area contributed by atoms with Gasteiger partial charge in [-0.15, -0.1) is 11.3 Å². The summed E-state index contributed by atoms with van der Waals surface area (Å²) in [7, 11) is 0. The molecule has 2 rings (SSSR count). The highest BCUT2D eigenvalue weighted by Gasteiger charge is 2.17. The minimum absolute atomic E-state index is 0.0285. The summed E-state index contributed by atoms with van der Waals surface area (Å²) in [5.41, 5.74) is 8.95. The summed E-state index contributed by atoms with van der Waals surface area (Å²) >= 11 is 5.36. The standard InChI is InChI=1S/C14H16BrNS/c1-3-10-6-4-5-7-11(10)13(16)14-12(15)8-9(2)17-14/h4-8,13H,3,16H2,1-2H3. The number of aryl methyl sites for hydroxylation is 2. The van der Waals surface area contributed by atoms with Gasteiger partial charge in [0.1, 0.15) is 0 Å². The van der Waals surface area contributed by atoms with Crippen LogP contribution in [0.5, 0.6) is 0 Å². The Kier molecular flexibility index (Phi) is 4.02. The predicted octanol–water partition coefficient (Wildman–Crippen LogP) is 4.43. The van der Waals surface area contributed by atoms with Crippen molar-refractivity contribution in [1.29, 1.82) is 0 Å². The second kappa shape index (κ2) is 5.34. The molecule has 0 aliphatic rings. The van der Waals surface area contributed by atoms with Gasteiger partial charge in [-0.05, 0) is 46.5 Å². The third-order valence-electron chi connectivity index (χ3n) is 2.89. The summed E-state index contributed by atoms with van der Waals surface area (Å²) in [6.45, 7) is 4.28. The number of hydrogen-bond acceptors (Lipinski definition) is 2. The van der Waals surface area contributed by atoms with Crippen LogP contribution in [0.4, 0.5) is 0 Å². The zero-order chi connectivity index (χ0) is 12.4. The molecule has 2 aromatic rings. The summed E-state index contributed by atoms with van der Waals surface area (Å²) in [6, 6.07) is 10.5. The zero-order valence-corrected chi connectivity index (χ0v) is 12.4. The first kappa shape index (κ1) is 12.8. The van der Waals surface area contributed by atoms with Gasteiger partial charge in [0.2, 0.25) is 0 Å².